The number of hydrogen-bond acceptors (Lipinski definition) is 4. The summed E-state index contributed by atoms with van der Waals surface area (Å²) in [6.07, 6.45) is 0. The second-order valence-corrected chi connectivity index (χ2v) is 5.36. The number of nitrogens with one attached hydrogen (secondary N) is 1. The van der Waals surface area contributed by atoms with Crippen LogP contribution in [0, 0.1) is 0 Å². The number of benzene rings is 1. The molecule has 1 saturated heterocycles. The number of carbonyl (C=O) groups excluding carboxylic acids is 1. The van der Waals surface area contributed by atoms with E-state index in [-0.39, 0.29) is 12.5 Å². The Labute approximate surface area is 126 Å². The molecule has 116 valence electrons. The lowest BCUT2D eigenvalue weighted by Gasteiger charge is -2.32. The van der Waals surface area contributed by atoms with Gasteiger partial charge in [0, 0.05) is 38.3 Å². The largest absolute Gasteiger partial charge is 0.483 e. The fourth-order valence-electron chi connectivity index (χ4n) is 2.34. The molecule has 0 saturated carbocycles. The molecule has 1 aromatic carbocycles. The van der Waals surface area contributed by atoms with E-state index in [0.29, 0.717) is 0 Å². The van der Waals surface area contributed by atoms with Crippen molar-refractivity contribution in [3.05, 3.63) is 29.8 Å². The molecule has 1 heterocycles. The Hall–Kier alpha value is -1.59. The Morgan fingerprint density at radius 2 is 1.95 bits per heavy atom. The summed E-state index contributed by atoms with van der Waals surface area (Å²) in [5, 5.41) is 3.28. The summed E-state index contributed by atoms with van der Waals surface area (Å²) in [6, 6.07) is 7.87. The molecule has 1 N–H and O–H groups in total. The van der Waals surface area contributed by atoms with Gasteiger partial charge in [-0.15, -0.1) is 0 Å². The third-order valence-corrected chi connectivity index (χ3v) is 3.75. The topological polar surface area (TPSA) is 44.8 Å². The van der Waals surface area contributed by atoms with E-state index in [0.717, 1.165) is 50.6 Å². The number of nitrogens with zero attached hydrogens (tertiary/aromatic N) is 2. The van der Waals surface area contributed by atoms with Crippen LogP contribution < -0.4 is 10.1 Å². The zero-order chi connectivity index (χ0) is 15.1. The first-order chi connectivity index (χ1) is 10.2. The molecule has 21 heavy (non-hydrogen) atoms. The van der Waals surface area contributed by atoms with Gasteiger partial charge in [0.1, 0.15) is 5.75 Å². The lowest BCUT2D eigenvalue weighted by Crippen LogP contribution is -2.48. The first kappa shape index (κ1) is 15.8. The molecule has 1 fully saturated rings. The molecular weight excluding hydrogens is 266 g/mol. The SMILES string of the molecule is CCNCc1ccccc1OCC(=O)N1CCN(C)CC1. The van der Waals surface area contributed by atoms with Crippen LogP contribution in [0.3, 0.4) is 0 Å². The average molecular weight is 291 g/mol. The van der Waals surface area contributed by atoms with Crippen molar-refractivity contribution in [3.8, 4) is 5.75 Å². The molecule has 1 amide bonds. The van der Waals surface area contributed by atoms with Gasteiger partial charge >= 0.3 is 0 Å². The van der Waals surface area contributed by atoms with Gasteiger partial charge in [-0.25, -0.2) is 0 Å². The lowest BCUT2D eigenvalue weighted by molar-refractivity contribution is -0.134. The normalized spacial score (nSPS) is 16.0. The number of carbonyl (C=O) groups is 1. The van der Waals surface area contributed by atoms with E-state index in [1.165, 1.54) is 0 Å². The van der Waals surface area contributed by atoms with Crippen LogP contribution in [0.25, 0.3) is 0 Å². The van der Waals surface area contributed by atoms with E-state index in [2.05, 4.69) is 24.2 Å². The third kappa shape index (κ3) is 4.72. The lowest BCUT2D eigenvalue weighted by atomic mass is 10.2. The van der Waals surface area contributed by atoms with E-state index in [4.69, 9.17) is 4.74 Å². The summed E-state index contributed by atoms with van der Waals surface area (Å²) in [5.74, 6) is 0.863. The fraction of sp³-hybridized carbons (Fsp3) is 0.562. The highest BCUT2D eigenvalue weighted by atomic mass is 16.5. The molecule has 5 nitrogen and oxygen atoms in total. The molecule has 0 radical (unpaired) electrons. The highest BCUT2D eigenvalue weighted by Crippen LogP contribution is 2.17. The zero-order valence-electron chi connectivity index (χ0n) is 13.0. The maximum absolute atomic E-state index is 12.2. The first-order valence-corrected chi connectivity index (χ1v) is 7.58. The Bertz CT molecular complexity index is 457. The number of hydrogen-bond donors (Lipinski definition) is 1. The zero-order valence-corrected chi connectivity index (χ0v) is 13.0. The molecule has 0 unspecified atom stereocenters. The quantitative estimate of drug-likeness (QED) is 0.847. The van der Waals surface area contributed by atoms with Gasteiger partial charge in [-0.2, -0.15) is 0 Å². The molecule has 0 aromatic heterocycles. The Balaban J connectivity index is 1.86. The summed E-state index contributed by atoms with van der Waals surface area (Å²) in [7, 11) is 2.08. The minimum absolute atomic E-state index is 0.0707. The maximum atomic E-state index is 12.2. The van der Waals surface area contributed by atoms with E-state index in [1.807, 2.05) is 29.2 Å². The van der Waals surface area contributed by atoms with Crippen molar-refractivity contribution in [1.29, 1.82) is 0 Å². The summed E-state index contributed by atoms with van der Waals surface area (Å²) < 4.78 is 5.73. The van der Waals surface area contributed by atoms with Crippen molar-refractivity contribution in [3.63, 3.8) is 0 Å². The molecular formula is C16H25N3O2. The molecule has 5 heteroatoms. The van der Waals surface area contributed by atoms with Gasteiger partial charge in [0.2, 0.25) is 0 Å². The second kappa shape index (κ2) is 8.00. The van der Waals surface area contributed by atoms with Gasteiger partial charge in [-0.1, -0.05) is 25.1 Å². The summed E-state index contributed by atoms with van der Waals surface area (Å²) in [5.41, 5.74) is 1.09. The number of rotatable bonds is 6. The molecule has 1 aliphatic heterocycles. The van der Waals surface area contributed by atoms with Gasteiger partial charge in [0.15, 0.2) is 6.61 Å². The standard InChI is InChI=1S/C16H25N3O2/c1-3-17-12-14-6-4-5-7-15(14)21-13-16(20)19-10-8-18(2)9-11-19/h4-7,17H,3,8-13H2,1-2H3. The van der Waals surface area contributed by atoms with Crippen LogP contribution in [-0.2, 0) is 11.3 Å². The molecule has 2 rings (SSSR count). The number of piperazine rings is 1. The monoisotopic (exact) mass is 291 g/mol. The molecule has 0 atom stereocenters. The highest BCUT2D eigenvalue weighted by molar-refractivity contribution is 5.78. The second-order valence-electron chi connectivity index (χ2n) is 5.36. The van der Waals surface area contributed by atoms with Gasteiger partial charge in [0.05, 0.1) is 0 Å². The van der Waals surface area contributed by atoms with Crippen LogP contribution in [0.2, 0.25) is 0 Å². The first-order valence-electron chi connectivity index (χ1n) is 7.58. The summed E-state index contributed by atoms with van der Waals surface area (Å²) in [6.45, 7) is 7.30. The molecule has 0 spiro atoms. The van der Waals surface area contributed by atoms with Crippen LogP contribution in [0.15, 0.2) is 24.3 Å². The van der Waals surface area contributed by atoms with Gasteiger partial charge in [0.25, 0.3) is 5.91 Å². The van der Waals surface area contributed by atoms with E-state index in [9.17, 15) is 4.79 Å². The third-order valence-electron chi connectivity index (χ3n) is 3.75. The van der Waals surface area contributed by atoms with Crippen molar-refractivity contribution in [2.75, 3.05) is 46.4 Å². The predicted molar refractivity (Wildman–Crippen MR) is 83.4 cm³/mol. The number of amides is 1. The van der Waals surface area contributed by atoms with Crippen molar-refractivity contribution in [1.82, 2.24) is 15.1 Å². The van der Waals surface area contributed by atoms with Crippen LogP contribution in [0.4, 0.5) is 0 Å². The van der Waals surface area contributed by atoms with Crippen molar-refractivity contribution < 1.29 is 9.53 Å². The molecule has 1 aliphatic rings. The number of ether oxygens (including phenoxy) is 1. The van der Waals surface area contributed by atoms with Crippen LogP contribution >= 0.6 is 0 Å². The van der Waals surface area contributed by atoms with Gasteiger partial charge < -0.3 is 19.9 Å². The maximum Gasteiger partial charge on any atom is 0.260 e. The van der Waals surface area contributed by atoms with Crippen LogP contribution in [0.5, 0.6) is 5.75 Å². The Morgan fingerprint density at radius 3 is 2.67 bits per heavy atom. The van der Waals surface area contributed by atoms with Gasteiger partial charge in [-0.05, 0) is 19.7 Å². The van der Waals surface area contributed by atoms with Gasteiger partial charge in [-0.3, -0.25) is 4.79 Å². The Morgan fingerprint density at radius 1 is 1.24 bits per heavy atom. The summed E-state index contributed by atoms with van der Waals surface area (Å²) >= 11 is 0. The Kier molecular flexibility index (Phi) is 6.02. The minimum Gasteiger partial charge on any atom is -0.483 e. The molecule has 0 bridgehead atoms. The predicted octanol–water partition coefficient (Wildman–Crippen LogP) is 0.949. The molecule has 0 aliphatic carbocycles. The smallest absolute Gasteiger partial charge is 0.260 e. The fourth-order valence-corrected chi connectivity index (χ4v) is 2.34. The van der Waals surface area contributed by atoms with Crippen molar-refractivity contribution >= 4 is 5.91 Å². The number of para-hydroxylation sites is 1. The molecule has 1 aromatic rings. The van der Waals surface area contributed by atoms with Crippen LogP contribution in [-0.4, -0.2) is 62.1 Å². The van der Waals surface area contributed by atoms with E-state index < -0.39 is 0 Å². The average Bonchev–Trinajstić information content (AvgIpc) is 2.52. The van der Waals surface area contributed by atoms with Crippen molar-refractivity contribution in [2.45, 2.75) is 13.5 Å². The van der Waals surface area contributed by atoms with Crippen molar-refractivity contribution in [2.24, 2.45) is 0 Å². The van der Waals surface area contributed by atoms with E-state index >= 15 is 0 Å². The van der Waals surface area contributed by atoms with E-state index in [1.54, 1.807) is 0 Å². The summed E-state index contributed by atoms with van der Waals surface area (Å²) in [4.78, 5) is 16.3. The highest BCUT2D eigenvalue weighted by Gasteiger charge is 2.19. The van der Waals surface area contributed by atoms with Crippen LogP contribution in [0.1, 0.15) is 12.5 Å². The minimum atomic E-state index is 0.0707. The number of likely N-dealkylation sites (N-methyl/N-ethyl adjacent to an activating group) is 1.